The summed E-state index contributed by atoms with van der Waals surface area (Å²) < 4.78 is 26.6. The Balaban J connectivity index is 1.80. The molecule has 0 radical (unpaired) electrons. The van der Waals surface area contributed by atoms with Gasteiger partial charge in [0.1, 0.15) is 11.4 Å². The molecule has 3 heteroatoms. The lowest BCUT2D eigenvalue weighted by Gasteiger charge is -2.48. The molecule has 3 rings (SSSR count). The molecule has 1 saturated heterocycles. The molecule has 0 amide bonds. The van der Waals surface area contributed by atoms with Crippen molar-refractivity contribution in [3.05, 3.63) is 29.8 Å². The molecule has 1 aliphatic carbocycles. The van der Waals surface area contributed by atoms with E-state index in [1.807, 2.05) is 24.3 Å². The van der Waals surface area contributed by atoms with E-state index in [-0.39, 0.29) is 18.1 Å². The van der Waals surface area contributed by atoms with Crippen molar-refractivity contribution >= 4 is 0 Å². The maximum absolute atomic E-state index is 15.1. The van der Waals surface area contributed by atoms with Gasteiger partial charge < -0.3 is 9.47 Å². The van der Waals surface area contributed by atoms with Gasteiger partial charge in [0.15, 0.2) is 0 Å². The lowest BCUT2D eigenvalue weighted by molar-refractivity contribution is -0.171. The molecule has 0 aromatic heterocycles. The highest BCUT2D eigenvalue weighted by atomic mass is 19.1. The molecule has 1 saturated carbocycles. The average molecular weight is 292 g/mol. The first-order valence-electron chi connectivity index (χ1n) is 7.98. The summed E-state index contributed by atoms with van der Waals surface area (Å²) in [7, 11) is 1.65. The van der Waals surface area contributed by atoms with E-state index in [4.69, 9.17) is 9.47 Å². The normalized spacial score (nSPS) is 39.6. The van der Waals surface area contributed by atoms with Crippen molar-refractivity contribution in [2.24, 2.45) is 11.8 Å². The molecular weight excluding hydrogens is 267 g/mol. The zero-order valence-corrected chi connectivity index (χ0v) is 13.1. The van der Waals surface area contributed by atoms with E-state index in [1.165, 1.54) is 0 Å². The summed E-state index contributed by atoms with van der Waals surface area (Å²) in [6.07, 6.45) is 3.43. The Kier molecular flexibility index (Phi) is 3.96. The molecule has 21 heavy (non-hydrogen) atoms. The Morgan fingerprint density at radius 1 is 1.24 bits per heavy atom. The number of ether oxygens (including phenoxy) is 2. The summed E-state index contributed by atoms with van der Waals surface area (Å²) in [6, 6.07) is 7.83. The number of fused-ring (bicyclic) bond motifs is 1. The van der Waals surface area contributed by atoms with Crippen LogP contribution in [0.5, 0.6) is 5.75 Å². The molecular formula is C18H25FO2. The fraction of sp³-hybridized carbons (Fsp3) is 0.667. The van der Waals surface area contributed by atoms with Crippen molar-refractivity contribution in [1.29, 1.82) is 0 Å². The maximum atomic E-state index is 15.1. The molecule has 0 spiro atoms. The lowest BCUT2D eigenvalue weighted by Crippen LogP contribution is -2.49. The molecule has 2 fully saturated rings. The molecule has 5 atom stereocenters. The largest absolute Gasteiger partial charge is 0.497 e. The minimum atomic E-state index is -1.13. The molecule has 116 valence electrons. The molecule has 1 aliphatic heterocycles. The Hall–Kier alpha value is -1.09. The minimum absolute atomic E-state index is 0.0585. The van der Waals surface area contributed by atoms with Crippen molar-refractivity contribution in [1.82, 2.24) is 0 Å². The van der Waals surface area contributed by atoms with Crippen molar-refractivity contribution in [2.45, 2.75) is 57.4 Å². The van der Waals surface area contributed by atoms with Crippen LogP contribution in [0.4, 0.5) is 4.39 Å². The van der Waals surface area contributed by atoms with E-state index in [2.05, 4.69) is 6.92 Å². The monoisotopic (exact) mass is 292 g/mol. The van der Waals surface area contributed by atoms with Crippen LogP contribution >= 0.6 is 0 Å². The Morgan fingerprint density at radius 3 is 2.62 bits per heavy atom. The molecule has 0 N–H and O–H groups in total. The molecule has 1 aromatic rings. The number of hydrogen-bond donors (Lipinski definition) is 0. The van der Waals surface area contributed by atoms with Gasteiger partial charge in [-0.3, -0.25) is 0 Å². The third kappa shape index (κ3) is 2.94. The number of hydrogen-bond acceptors (Lipinski definition) is 2. The number of alkyl halides is 1. The highest BCUT2D eigenvalue weighted by Crippen LogP contribution is 2.49. The van der Waals surface area contributed by atoms with Gasteiger partial charge in [-0.2, -0.15) is 0 Å². The zero-order chi connectivity index (χ0) is 15.0. The fourth-order valence-electron chi connectivity index (χ4n) is 3.96. The van der Waals surface area contributed by atoms with E-state index in [9.17, 15) is 0 Å². The van der Waals surface area contributed by atoms with E-state index < -0.39 is 5.67 Å². The van der Waals surface area contributed by atoms with Crippen LogP contribution < -0.4 is 4.74 Å². The van der Waals surface area contributed by atoms with Gasteiger partial charge in [-0.25, -0.2) is 4.39 Å². The summed E-state index contributed by atoms with van der Waals surface area (Å²) in [5.41, 5.74) is -0.0791. The predicted octanol–water partition coefficient (Wildman–Crippen LogP) is 4.69. The molecule has 1 aromatic carbocycles. The van der Waals surface area contributed by atoms with Crippen LogP contribution in [-0.2, 0) is 4.74 Å². The molecule has 2 aliphatic rings. The summed E-state index contributed by atoms with van der Waals surface area (Å²) in [4.78, 5) is 0. The van der Waals surface area contributed by atoms with Gasteiger partial charge in [0.05, 0.1) is 19.3 Å². The summed E-state index contributed by atoms with van der Waals surface area (Å²) in [5.74, 6) is 1.52. The summed E-state index contributed by atoms with van der Waals surface area (Å²) in [5, 5.41) is 0. The second-order valence-electron chi connectivity index (χ2n) is 6.94. The van der Waals surface area contributed by atoms with Gasteiger partial charge in [-0.15, -0.1) is 0 Å². The molecule has 1 unspecified atom stereocenters. The average Bonchev–Trinajstić information content (AvgIpc) is 2.46. The van der Waals surface area contributed by atoms with Crippen LogP contribution in [0.25, 0.3) is 0 Å². The third-order valence-corrected chi connectivity index (χ3v) is 5.24. The number of halogens is 1. The first-order valence-corrected chi connectivity index (χ1v) is 7.98. The van der Waals surface area contributed by atoms with Gasteiger partial charge in [0.2, 0.25) is 0 Å². The van der Waals surface area contributed by atoms with E-state index in [1.54, 1.807) is 14.0 Å². The number of benzene rings is 1. The lowest BCUT2D eigenvalue weighted by atomic mass is 9.69. The van der Waals surface area contributed by atoms with Gasteiger partial charge in [0, 0.05) is 12.3 Å². The van der Waals surface area contributed by atoms with Crippen LogP contribution in [0, 0.1) is 11.8 Å². The highest BCUT2D eigenvalue weighted by molar-refractivity contribution is 5.29. The van der Waals surface area contributed by atoms with Crippen molar-refractivity contribution in [3.63, 3.8) is 0 Å². The van der Waals surface area contributed by atoms with Crippen LogP contribution in [0.3, 0.4) is 0 Å². The summed E-state index contributed by atoms with van der Waals surface area (Å²) >= 11 is 0. The van der Waals surface area contributed by atoms with Crippen molar-refractivity contribution in [2.75, 3.05) is 7.11 Å². The second kappa shape index (κ2) is 5.60. The number of rotatable bonds is 2. The van der Waals surface area contributed by atoms with E-state index >= 15 is 4.39 Å². The van der Waals surface area contributed by atoms with Gasteiger partial charge >= 0.3 is 0 Å². The van der Waals surface area contributed by atoms with Crippen LogP contribution in [0.15, 0.2) is 24.3 Å². The zero-order valence-electron chi connectivity index (χ0n) is 13.1. The van der Waals surface area contributed by atoms with Crippen molar-refractivity contribution in [3.8, 4) is 5.75 Å². The Labute approximate surface area is 126 Å². The van der Waals surface area contributed by atoms with Gasteiger partial charge in [0.25, 0.3) is 0 Å². The Morgan fingerprint density at radius 2 is 1.95 bits per heavy atom. The van der Waals surface area contributed by atoms with Crippen LogP contribution in [0.1, 0.15) is 51.2 Å². The van der Waals surface area contributed by atoms with E-state index in [0.717, 1.165) is 30.6 Å². The smallest absolute Gasteiger partial charge is 0.118 e. The van der Waals surface area contributed by atoms with Crippen LogP contribution in [0.2, 0.25) is 0 Å². The quantitative estimate of drug-likeness (QED) is 0.787. The molecule has 0 bridgehead atoms. The SMILES string of the molecule is COc1ccc([C@H]2CC(C)(F)[C@@H]3CC[C@@H](C)C[C@H]3O2)cc1. The van der Waals surface area contributed by atoms with Crippen molar-refractivity contribution < 1.29 is 13.9 Å². The first-order chi connectivity index (χ1) is 9.99. The molecule has 1 heterocycles. The molecule has 2 nitrogen and oxygen atoms in total. The summed E-state index contributed by atoms with van der Waals surface area (Å²) in [6.45, 7) is 4.01. The fourth-order valence-corrected chi connectivity index (χ4v) is 3.96. The first kappa shape index (κ1) is 14.8. The maximum Gasteiger partial charge on any atom is 0.118 e. The van der Waals surface area contributed by atoms with Gasteiger partial charge in [-0.1, -0.05) is 25.5 Å². The van der Waals surface area contributed by atoms with E-state index in [0.29, 0.717) is 12.3 Å². The standard InChI is InChI=1S/C18H25FO2/c1-12-4-9-15-16(10-12)21-17(11-18(15,2)19)13-5-7-14(20-3)8-6-13/h5-8,12,15-17H,4,9-11H2,1-3H3/t12-,15-,16-,17-,18?/m1/s1. The number of methoxy groups -OCH3 is 1. The Bertz CT molecular complexity index is 482. The minimum Gasteiger partial charge on any atom is -0.497 e. The topological polar surface area (TPSA) is 18.5 Å². The predicted molar refractivity (Wildman–Crippen MR) is 81.2 cm³/mol. The highest BCUT2D eigenvalue weighted by Gasteiger charge is 2.49. The van der Waals surface area contributed by atoms with Gasteiger partial charge in [-0.05, 0) is 43.4 Å². The van der Waals surface area contributed by atoms with Crippen LogP contribution in [-0.4, -0.2) is 18.9 Å². The second-order valence-corrected chi connectivity index (χ2v) is 6.94. The third-order valence-electron chi connectivity index (χ3n) is 5.24.